The van der Waals surface area contributed by atoms with Crippen LogP contribution in [0.1, 0.15) is 23.8 Å². The monoisotopic (exact) mass is 271 g/mol. The quantitative estimate of drug-likeness (QED) is 0.810. The molecule has 3 N–H and O–H groups in total. The van der Waals surface area contributed by atoms with Crippen molar-refractivity contribution in [2.45, 2.75) is 18.2 Å². The second kappa shape index (κ2) is 4.40. The van der Waals surface area contributed by atoms with Crippen molar-refractivity contribution in [3.8, 4) is 0 Å². The van der Waals surface area contributed by atoms with Crippen molar-refractivity contribution in [2.75, 3.05) is 6.54 Å². The van der Waals surface area contributed by atoms with E-state index in [4.69, 9.17) is 5.14 Å². The fraction of sp³-hybridized carbons (Fsp3) is 0.545. The van der Waals surface area contributed by atoms with Crippen molar-refractivity contribution in [1.82, 2.24) is 9.88 Å². The van der Waals surface area contributed by atoms with Gasteiger partial charge in [0, 0.05) is 19.8 Å². The first kappa shape index (κ1) is 13.1. The van der Waals surface area contributed by atoms with E-state index in [2.05, 4.69) is 12.2 Å². The minimum atomic E-state index is -3.77. The topological polar surface area (TPSA) is 94.2 Å². The third kappa shape index (κ3) is 2.73. The Kier molecular flexibility index (Phi) is 3.20. The molecule has 7 heteroatoms. The van der Waals surface area contributed by atoms with Crippen LogP contribution in [0.2, 0.25) is 0 Å². The maximum atomic E-state index is 11.9. The second-order valence-electron chi connectivity index (χ2n) is 4.90. The number of amides is 1. The molecule has 1 fully saturated rings. The highest BCUT2D eigenvalue weighted by Gasteiger charge is 2.32. The van der Waals surface area contributed by atoms with E-state index >= 15 is 0 Å². The summed E-state index contributed by atoms with van der Waals surface area (Å²) in [5.74, 6) is 0.942. The summed E-state index contributed by atoms with van der Waals surface area (Å²) in [6.45, 7) is 2.77. The summed E-state index contributed by atoms with van der Waals surface area (Å²) in [5, 5.41) is 7.82. The van der Waals surface area contributed by atoms with Crippen molar-refractivity contribution >= 4 is 15.9 Å². The van der Waals surface area contributed by atoms with Gasteiger partial charge in [-0.05, 0) is 24.3 Å². The summed E-state index contributed by atoms with van der Waals surface area (Å²) in [7, 11) is -2.15. The number of rotatable bonds is 4. The smallest absolute Gasteiger partial charge is 0.267 e. The zero-order valence-electron chi connectivity index (χ0n) is 10.4. The summed E-state index contributed by atoms with van der Waals surface area (Å²) in [6, 6.07) is 1.29. The maximum absolute atomic E-state index is 11.9. The molecule has 1 aromatic rings. The number of nitrogens with one attached hydrogen (secondary N) is 1. The molecular formula is C11H17N3O3S. The number of sulfonamides is 1. The first-order chi connectivity index (χ1) is 8.29. The fourth-order valence-electron chi connectivity index (χ4n) is 1.91. The zero-order valence-corrected chi connectivity index (χ0v) is 11.2. The predicted octanol–water partition coefficient (Wildman–Crippen LogP) is 0.0583. The molecule has 1 amide bonds. The number of hydrogen-bond acceptors (Lipinski definition) is 3. The minimum Gasteiger partial charge on any atom is -0.350 e. The Morgan fingerprint density at radius 1 is 1.61 bits per heavy atom. The van der Waals surface area contributed by atoms with Crippen LogP contribution in [0.25, 0.3) is 0 Å². The van der Waals surface area contributed by atoms with Gasteiger partial charge >= 0.3 is 0 Å². The van der Waals surface area contributed by atoms with Crippen LogP contribution in [-0.2, 0) is 17.1 Å². The molecule has 2 atom stereocenters. The molecule has 1 aromatic heterocycles. The second-order valence-corrected chi connectivity index (χ2v) is 6.46. The van der Waals surface area contributed by atoms with E-state index in [9.17, 15) is 13.2 Å². The predicted molar refractivity (Wildman–Crippen MR) is 66.4 cm³/mol. The Morgan fingerprint density at radius 3 is 2.67 bits per heavy atom. The van der Waals surface area contributed by atoms with E-state index < -0.39 is 10.0 Å². The highest BCUT2D eigenvalue weighted by Crippen LogP contribution is 2.36. The zero-order chi connectivity index (χ0) is 13.5. The van der Waals surface area contributed by atoms with E-state index in [-0.39, 0.29) is 10.8 Å². The molecule has 0 saturated heterocycles. The van der Waals surface area contributed by atoms with Crippen LogP contribution >= 0.6 is 0 Å². The van der Waals surface area contributed by atoms with Gasteiger partial charge in [-0.25, -0.2) is 13.6 Å². The number of carbonyl (C=O) groups is 1. The van der Waals surface area contributed by atoms with E-state index in [0.29, 0.717) is 24.1 Å². The number of nitrogens with zero attached hydrogens (tertiary/aromatic N) is 1. The Balaban J connectivity index is 2.08. The van der Waals surface area contributed by atoms with Crippen LogP contribution in [0.3, 0.4) is 0 Å². The fourth-order valence-corrected chi connectivity index (χ4v) is 2.49. The largest absolute Gasteiger partial charge is 0.350 e. The number of aryl methyl sites for hydroxylation is 1. The lowest BCUT2D eigenvalue weighted by molar-refractivity contribution is 0.0943. The van der Waals surface area contributed by atoms with Gasteiger partial charge in [0.25, 0.3) is 5.91 Å². The lowest BCUT2D eigenvalue weighted by Crippen LogP contribution is -2.27. The first-order valence-electron chi connectivity index (χ1n) is 5.76. The van der Waals surface area contributed by atoms with Crippen molar-refractivity contribution in [3.63, 3.8) is 0 Å². The van der Waals surface area contributed by atoms with Gasteiger partial charge in [0.15, 0.2) is 0 Å². The molecule has 100 valence electrons. The van der Waals surface area contributed by atoms with Gasteiger partial charge in [-0.15, -0.1) is 0 Å². The van der Waals surface area contributed by atoms with E-state index in [0.717, 1.165) is 6.42 Å². The summed E-state index contributed by atoms with van der Waals surface area (Å²) in [5.41, 5.74) is 0.298. The average molecular weight is 271 g/mol. The molecule has 0 bridgehead atoms. The average Bonchev–Trinajstić information content (AvgIpc) is 2.79. The first-order valence-corrected chi connectivity index (χ1v) is 7.31. The van der Waals surface area contributed by atoms with Gasteiger partial charge in [0.05, 0.1) is 0 Å². The molecule has 18 heavy (non-hydrogen) atoms. The van der Waals surface area contributed by atoms with Gasteiger partial charge in [-0.2, -0.15) is 0 Å². The molecule has 1 saturated carbocycles. The summed E-state index contributed by atoms with van der Waals surface area (Å²) in [6.07, 6.45) is 2.47. The van der Waals surface area contributed by atoms with Crippen LogP contribution in [0.4, 0.5) is 0 Å². The Labute approximate surface area is 106 Å². The molecular weight excluding hydrogens is 254 g/mol. The van der Waals surface area contributed by atoms with Crippen LogP contribution in [-0.4, -0.2) is 25.4 Å². The van der Waals surface area contributed by atoms with Gasteiger partial charge < -0.3 is 9.88 Å². The number of nitrogens with two attached hydrogens (primary N) is 1. The molecule has 1 aliphatic rings. The van der Waals surface area contributed by atoms with Crippen LogP contribution in [0.5, 0.6) is 0 Å². The SMILES string of the molecule is CC1CC1CNC(=O)c1cc(S(N)(=O)=O)cn1C. The molecule has 1 aliphatic carbocycles. The lowest BCUT2D eigenvalue weighted by atomic mass is 10.3. The van der Waals surface area contributed by atoms with Crippen LogP contribution < -0.4 is 10.5 Å². The van der Waals surface area contributed by atoms with Gasteiger partial charge in [0.2, 0.25) is 10.0 Å². The lowest BCUT2D eigenvalue weighted by Gasteiger charge is -2.04. The van der Waals surface area contributed by atoms with Crippen molar-refractivity contribution in [2.24, 2.45) is 24.0 Å². The molecule has 6 nitrogen and oxygen atoms in total. The standard InChI is InChI=1S/C11H17N3O3S/c1-7-3-8(7)5-13-11(15)10-4-9(6-14(10)2)18(12,16)17/h4,6-8H,3,5H2,1-2H3,(H,13,15)(H2,12,16,17). The van der Waals surface area contributed by atoms with Gasteiger partial charge in [0.1, 0.15) is 10.6 Å². The van der Waals surface area contributed by atoms with Crippen molar-refractivity contribution in [1.29, 1.82) is 0 Å². The van der Waals surface area contributed by atoms with Gasteiger partial charge in [-0.3, -0.25) is 4.79 Å². The van der Waals surface area contributed by atoms with Crippen molar-refractivity contribution < 1.29 is 13.2 Å². The molecule has 0 radical (unpaired) electrons. The molecule has 2 rings (SSSR count). The van der Waals surface area contributed by atoms with E-state index in [1.54, 1.807) is 7.05 Å². The number of aromatic nitrogens is 1. The number of carbonyl (C=O) groups excluding carboxylic acids is 1. The normalized spacial score (nSPS) is 22.8. The van der Waals surface area contributed by atoms with E-state index in [1.807, 2.05) is 0 Å². The van der Waals surface area contributed by atoms with Gasteiger partial charge in [-0.1, -0.05) is 6.92 Å². The van der Waals surface area contributed by atoms with Crippen LogP contribution in [0, 0.1) is 11.8 Å². The summed E-state index contributed by atoms with van der Waals surface area (Å²) in [4.78, 5) is 11.8. The third-order valence-corrected chi connectivity index (χ3v) is 4.22. The molecule has 0 aliphatic heterocycles. The number of hydrogen-bond donors (Lipinski definition) is 2. The van der Waals surface area contributed by atoms with Crippen molar-refractivity contribution in [3.05, 3.63) is 18.0 Å². The molecule has 1 heterocycles. The van der Waals surface area contributed by atoms with Crippen LogP contribution in [0.15, 0.2) is 17.2 Å². The number of primary sulfonamides is 1. The Hall–Kier alpha value is -1.34. The Morgan fingerprint density at radius 2 is 2.22 bits per heavy atom. The minimum absolute atomic E-state index is 0.0464. The Bertz CT molecular complexity index is 576. The summed E-state index contributed by atoms with van der Waals surface area (Å²) < 4.78 is 23.8. The molecule has 0 spiro atoms. The maximum Gasteiger partial charge on any atom is 0.267 e. The molecule has 2 unspecified atom stereocenters. The molecule has 0 aromatic carbocycles. The highest BCUT2D eigenvalue weighted by atomic mass is 32.2. The third-order valence-electron chi connectivity index (χ3n) is 3.34. The highest BCUT2D eigenvalue weighted by molar-refractivity contribution is 7.89. The summed E-state index contributed by atoms with van der Waals surface area (Å²) >= 11 is 0. The van der Waals surface area contributed by atoms with E-state index in [1.165, 1.54) is 16.8 Å².